The molecule has 0 heterocycles. The van der Waals surface area contributed by atoms with Crippen LogP contribution in [-0.2, 0) is 4.74 Å². The Hall–Kier alpha value is 0.240. The number of hydrogen-bond donors (Lipinski definition) is 0. The van der Waals surface area contributed by atoms with E-state index < -0.39 is 0 Å². The van der Waals surface area contributed by atoms with Crippen molar-refractivity contribution in [3.05, 3.63) is 0 Å². The van der Waals surface area contributed by atoms with Crippen LogP contribution in [0.15, 0.2) is 0 Å². The number of thioether (sulfide) groups is 1. The summed E-state index contributed by atoms with van der Waals surface area (Å²) >= 11 is 6.35. The highest BCUT2D eigenvalue weighted by atomic mass is 32.2. The molecule has 60 valence electrons. The molecule has 0 spiro atoms. The lowest BCUT2D eigenvalue weighted by Gasteiger charge is -2.09. The zero-order valence-electron chi connectivity index (χ0n) is 6.72. The van der Waals surface area contributed by atoms with E-state index in [0.29, 0.717) is 10.3 Å². The number of ether oxygens (including phenoxy) is 1. The number of rotatable bonds is 3. The lowest BCUT2D eigenvalue weighted by molar-refractivity contribution is 0.258. The van der Waals surface area contributed by atoms with E-state index in [-0.39, 0.29) is 0 Å². The monoisotopic (exact) mass is 178 g/mol. The molecule has 0 saturated carbocycles. The SMILES string of the molecule is CCC(C)COC(=S)SC. The summed E-state index contributed by atoms with van der Waals surface area (Å²) in [6.45, 7) is 5.06. The Labute approximate surface area is 72.5 Å². The van der Waals surface area contributed by atoms with Crippen molar-refractivity contribution >= 4 is 28.4 Å². The fourth-order valence-electron chi connectivity index (χ4n) is 0.387. The predicted octanol–water partition coefficient (Wildman–Crippen LogP) is 2.70. The van der Waals surface area contributed by atoms with E-state index in [1.165, 1.54) is 11.8 Å². The van der Waals surface area contributed by atoms with Crippen LogP contribution in [0.3, 0.4) is 0 Å². The Morgan fingerprint density at radius 1 is 1.70 bits per heavy atom. The first kappa shape index (κ1) is 10.2. The van der Waals surface area contributed by atoms with Crippen molar-refractivity contribution in [3.63, 3.8) is 0 Å². The van der Waals surface area contributed by atoms with Gasteiger partial charge in [0, 0.05) is 0 Å². The molecule has 1 nitrogen and oxygen atoms in total. The Morgan fingerprint density at radius 3 is 2.70 bits per heavy atom. The van der Waals surface area contributed by atoms with Gasteiger partial charge in [-0.3, -0.25) is 0 Å². The number of thiocarbonyl (C=S) groups is 1. The summed E-state index contributed by atoms with van der Waals surface area (Å²) in [5.41, 5.74) is 0. The molecule has 0 aromatic heterocycles. The Bertz CT molecular complexity index is 104. The Kier molecular flexibility index (Phi) is 6.13. The van der Waals surface area contributed by atoms with Crippen LogP contribution in [0.1, 0.15) is 20.3 Å². The molecule has 0 fully saturated rings. The molecule has 0 aromatic carbocycles. The van der Waals surface area contributed by atoms with Crippen molar-refractivity contribution in [1.29, 1.82) is 0 Å². The van der Waals surface area contributed by atoms with Gasteiger partial charge in [0.05, 0.1) is 6.61 Å². The molecule has 0 amide bonds. The lowest BCUT2D eigenvalue weighted by Crippen LogP contribution is -2.06. The van der Waals surface area contributed by atoms with Crippen LogP contribution in [0, 0.1) is 5.92 Å². The van der Waals surface area contributed by atoms with E-state index in [2.05, 4.69) is 13.8 Å². The third kappa shape index (κ3) is 5.06. The summed E-state index contributed by atoms with van der Waals surface area (Å²) < 4.78 is 5.89. The molecule has 0 saturated heterocycles. The molecule has 0 aliphatic carbocycles. The maximum absolute atomic E-state index is 5.24. The molecule has 1 atom stereocenters. The molecular weight excluding hydrogens is 164 g/mol. The molecular formula is C7H14OS2. The van der Waals surface area contributed by atoms with Crippen molar-refractivity contribution < 1.29 is 4.74 Å². The van der Waals surface area contributed by atoms with Gasteiger partial charge in [0.2, 0.25) is 4.38 Å². The maximum Gasteiger partial charge on any atom is 0.219 e. The minimum absolute atomic E-state index is 0.616. The largest absolute Gasteiger partial charge is 0.478 e. The molecule has 0 aliphatic rings. The van der Waals surface area contributed by atoms with E-state index in [9.17, 15) is 0 Å². The second kappa shape index (κ2) is 5.98. The quantitative estimate of drug-likeness (QED) is 0.615. The topological polar surface area (TPSA) is 9.23 Å². The fourth-order valence-corrected chi connectivity index (χ4v) is 0.641. The van der Waals surface area contributed by atoms with E-state index in [0.717, 1.165) is 13.0 Å². The summed E-state index contributed by atoms with van der Waals surface area (Å²) in [6, 6.07) is 0. The summed E-state index contributed by atoms with van der Waals surface area (Å²) in [6.07, 6.45) is 3.08. The van der Waals surface area contributed by atoms with Crippen molar-refractivity contribution in [2.24, 2.45) is 5.92 Å². The van der Waals surface area contributed by atoms with Gasteiger partial charge in [-0.15, -0.1) is 0 Å². The van der Waals surface area contributed by atoms with Gasteiger partial charge in [-0.1, -0.05) is 32.0 Å². The second-order valence-corrected chi connectivity index (χ2v) is 3.69. The smallest absolute Gasteiger partial charge is 0.219 e. The van der Waals surface area contributed by atoms with Gasteiger partial charge in [-0.2, -0.15) is 0 Å². The van der Waals surface area contributed by atoms with Crippen LogP contribution in [0.2, 0.25) is 0 Å². The fraction of sp³-hybridized carbons (Fsp3) is 0.857. The van der Waals surface area contributed by atoms with Gasteiger partial charge in [-0.05, 0) is 24.4 Å². The predicted molar refractivity (Wildman–Crippen MR) is 51.5 cm³/mol. The van der Waals surface area contributed by atoms with Crippen molar-refractivity contribution in [2.45, 2.75) is 20.3 Å². The van der Waals surface area contributed by atoms with Gasteiger partial charge < -0.3 is 4.74 Å². The van der Waals surface area contributed by atoms with Gasteiger partial charge in [0.15, 0.2) is 0 Å². The molecule has 0 bridgehead atoms. The average molecular weight is 178 g/mol. The van der Waals surface area contributed by atoms with Crippen LogP contribution in [0.4, 0.5) is 0 Å². The zero-order chi connectivity index (χ0) is 7.98. The van der Waals surface area contributed by atoms with E-state index in [4.69, 9.17) is 17.0 Å². The van der Waals surface area contributed by atoms with Crippen LogP contribution >= 0.6 is 24.0 Å². The highest BCUT2D eigenvalue weighted by Crippen LogP contribution is 2.05. The molecule has 0 N–H and O–H groups in total. The summed E-state index contributed by atoms with van der Waals surface area (Å²) in [5.74, 6) is 0.616. The van der Waals surface area contributed by atoms with Crippen LogP contribution in [-0.4, -0.2) is 17.2 Å². The van der Waals surface area contributed by atoms with E-state index in [1.54, 1.807) is 0 Å². The first-order chi connectivity index (χ1) is 4.70. The zero-order valence-corrected chi connectivity index (χ0v) is 8.35. The third-order valence-electron chi connectivity index (χ3n) is 1.35. The molecule has 0 aromatic rings. The van der Waals surface area contributed by atoms with Gasteiger partial charge >= 0.3 is 0 Å². The Balaban J connectivity index is 3.26. The normalized spacial score (nSPS) is 12.7. The molecule has 10 heavy (non-hydrogen) atoms. The molecule has 0 radical (unpaired) electrons. The van der Waals surface area contributed by atoms with Gasteiger partial charge in [0.25, 0.3) is 0 Å². The highest BCUT2D eigenvalue weighted by Gasteiger charge is 2.00. The summed E-state index contributed by atoms with van der Waals surface area (Å²) in [4.78, 5) is 0. The summed E-state index contributed by atoms with van der Waals surface area (Å²) in [7, 11) is 0. The maximum atomic E-state index is 5.24. The lowest BCUT2D eigenvalue weighted by atomic mass is 10.1. The van der Waals surface area contributed by atoms with Crippen LogP contribution < -0.4 is 0 Å². The standard InChI is InChI=1S/C7H14OS2/c1-4-6(2)5-8-7(9)10-3/h6H,4-5H2,1-3H3. The minimum atomic E-state index is 0.616. The molecule has 0 rings (SSSR count). The second-order valence-electron chi connectivity index (χ2n) is 2.28. The van der Waals surface area contributed by atoms with Gasteiger partial charge in [0.1, 0.15) is 0 Å². The Morgan fingerprint density at radius 2 is 2.30 bits per heavy atom. The van der Waals surface area contributed by atoms with Crippen LogP contribution in [0.5, 0.6) is 0 Å². The summed E-state index contributed by atoms with van der Waals surface area (Å²) in [5, 5.41) is 0. The van der Waals surface area contributed by atoms with E-state index in [1.807, 2.05) is 6.26 Å². The van der Waals surface area contributed by atoms with E-state index >= 15 is 0 Å². The van der Waals surface area contributed by atoms with Crippen LogP contribution in [0.25, 0.3) is 0 Å². The van der Waals surface area contributed by atoms with Crippen molar-refractivity contribution in [1.82, 2.24) is 0 Å². The molecule has 1 unspecified atom stereocenters. The third-order valence-corrected chi connectivity index (χ3v) is 2.42. The van der Waals surface area contributed by atoms with Crippen molar-refractivity contribution in [2.75, 3.05) is 12.9 Å². The first-order valence-corrected chi connectivity index (χ1v) is 5.04. The molecule has 0 aliphatic heterocycles. The first-order valence-electron chi connectivity index (χ1n) is 3.41. The molecule has 3 heteroatoms. The minimum Gasteiger partial charge on any atom is -0.478 e. The highest BCUT2D eigenvalue weighted by molar-refractivity contribution is 8.22. The van der Waals surface area contributed by atoms with Crippen molar-refractivity contribution in [3.8, 4) is 0 Å². The average Bonchev–Trinajstić information content (AvgIpc) is 1.99. The van der Waals surface area contributed by atoms with Gasteiger partial charge in [-0.25, -0.2) is 0 Å². The number of hydrogen-bond acceptors (Lipinski definition) is 3.